The number of hydrogen-bond donors (Lipinski definition) is 0. The fourth-order valence-corrected chi connectivity index (χ4v) is 2.21. The van der Waals surface area contributed by atoms with Gasteiger partial charge in [-0.3, -0.25) is 8.98 Å². The third kappa shape index (κ3) is 8.47. The van der Waals surface area contributed by atoms with Crippen LogP contribution in [0, 0.1) is 0 Å². The van der Waals surface area contributed by atoms with E-state index in [0.717, 1.165) is 31.1 Å². The molecule has 0 saturated carbocycles. The Morgan fingerprint density at radius 3 is 2.67 bits per heavy atom. The van der Waals surface area contributed by atoms with Crippen LogP contribution in [0.5, 0.6) is 5.75 Å². The summed E-state index contributed by atoms with van der Waals surface area (Å²) in [4.78, 5) is 11.4. The molecule has 0 heterocycles. The van der Waals surface area contributed by atoms with Gasteiger partial charge in [-0.15, -0.1) is 0 Å². The Morgan fingerprint density at radius 2 is 2.00 bits per heavy atom. The molecule has 0 amide bonds. The lowest BCUT2D eigenvalue weighted by molar-refractivity contribution is -0.134. The molecule has 1 aromatic rings. The van der Waals surface area contributed by atoms with E-state index in [-0.39, 0.29) is 12.6 Å². The van der Waals surface area contributed by atoms with Crippen molar-refractivity contribution in [3.63, 3.8) is 0 Å². The van der Waals surface area contributed by atoms with Crippen LogP contribution in [0.4, 0.5) is 0 Å². The highest BCUT2D eigenvalue weighted by Crippen LogP contribution is 2.16. The second-order valence-corrected chi connectivity index (χ2v) is 6.50. The Morgan fingerprint density at radius 1 is 1.24 bits per heavy atom. The first-order valence-electron chi connectivity index (χ1n) is 7.04. The predicted molar refractivity (Wildman–Crippen MR) is 80.7 cm³/mol. The SMILES string of the molecule is CCCC(=O)Oc1cccc(CCCCOS(C)(=O)=O)c1. The Kier molecular flexibility index (Phi) is 7.39. The third-order valence-corrected chi connectivity index (χ3v) is 3.34. The van der Waals surface area contributed by atoms with E-state index in [1.165, 1.54) is 0 Å². The summed E-state index contributed by atoms with van der Waals surface area (Å²) in [5, 5.41) is 0. The number of carbonyl (C=O) groups is 1. The highest BCUT2D eigenvalue weighted by atomic mass is 32.2. The zero-order chi connectivity index (χ0) is 15.7. The molecule has 0 unspecified atom stereocenters. The van der Waals surface area contributed by atoms with Gasteiger partial charge in [0.05, 0.1) is 12.9 Å². The number of rotatable bonds is 9. The number of carbonyl (C=O) groups excluding carboxylic acids is 1. The standard InChI is InChI=1S/C15H22O5S/c1-3-7-15(16)20-14-10-6-9-13(12-14)8-4-5-11-19-21(2,17)18/h6,9-10,12H,3-5,7-8,11H2,1-2H3. The third-order valence-electron chi connectivity index (χ3n) is 2.74. The Bertz CT molecular complexity index is 551. The fourth-order valence-electron chi connectivity index (χ4n) is 1.79. The van der Waals surface area contributed by atoms with E-state index in [0.29, 0.717) is 18.6 Å². The number of aryl methyl sites for hydroxylation is 1. The number of esters is 1. The summed E-state index contributed by atoms with van der Waals surface area (Å²) in [5.74, 6) is 0.328. The van der Waals surface area contributed by atoms with Crippen LogP contribution >= 0.6 is 0 Å². The summed E-state index contributed by atoms with van der Waals surface area (Å²) in [6.45, 7) is 2.13. The molecule has 0 radical (unpaired) electrons. The van der Waals surface area contributed by atoms with Gasteiger partial charge in [0.2, 0.25) is 0 Å². The van der Waals surface area contributed by atoms with Crippen LogP contribution in [-0.2, 0) is 25.5 Å². The van der Waals surface area contributed by atoms with Crippen molar-refractivity contribution in [3.8, 4) is 5.75 Å². The van der Waals surface area contributed by atoms with Gasteiger partial charge in [0.15, 0.2) is 0 Å². The second-order valence-electron chi connectivity index (χ2n) is 4.85. The quantitative estimate of drug-likeness (QED) is 0.303. The van der Waals surface area contributed by atoms with Gasteiger partial charge in [-0.25, -0.2) is 0 Å². The summed E-state index contributed by atoms with van der Waals surface area (Å²) in [5.41, 5.74) is 1.05. The first kappa shape index (κ1) is 17.7. The number of ether oxygens (including phenoxy) is 1. The predicted octanol–water partition coefficient (Wildman–Crippen LogP) is 2.69. The maximum Gasteiger partial charge on any atom is 0.311 e. The second kappa shape index (κ2) is 8.79. The number of benzene rings is 1. The molecule has 0 spiro atoms. The summed E-state index contributed by atoms with van der Waals surface area (Å²) < 4.78 is 31.5. The largest absolute Gasteiger partial charge is 0.427 e. The van der Waals surface area contributed by atoms with Crippen LogP contribution in [-0.4, -0.2) is 27.2 Å². The maximum absolute atomic E-state index is 11.4. The van der Waals surface area contributed by atoms with Gasteiger partial charge >= 0.3 is 5.97 Å². The molecule has 1 rings (SSSR count). The lowest BCUT2D eigenvalue weighted by Gasteiger charge is -2.06. The van der Waals surface area contributed by atoms with E-state index in [1.54, 1.807) is 6.07 Å². The molecule has 5 nitrogen and oxygen atoms in total. The van der Waals surface area contributed by atoms with E-state index >= 15 is 0 Å². The Hall–Kier alpha value is -1.40. The molecule has 0 atom stereocenters. The zero-order valence-electron chi connectivity index (χ0n) is 12.5. The fraction of sp³-hybridized carbons (Fsp3) is 0.533. The first-order chi connectivity index (χ1) is 9.90. The molecule has 0 aliphatic rings. The summed E-state index contributed by atoms with van der Waals surface area (Å²) in [6.07, 6.45) is 4.47. The minimum Gasteiger partial charge on any atom is -0.427 e. The molecule has 0 aliphatic heterocycles. The highest BCUT2D eigenvalue weighted by Gasteiger charge is 2.04. The molecule has 0 saturated heterocycles. The molecular formula is C15H22O5S. The number of unbranched alkanes of at least 4 members (excludes halogenated alkanes) is 1. The molecule has 0 bridgehead atoms. The smallest absolute Gasteiger partial charge is 0.311 e. The van der Waals surface area contributed by atoms with Gasteiger partial charge in [-0.2, -0.15) is 8.42 Å². The van der Waals surface area contributed by atoms with Crippen molar-refractivity contribution in [1.29, 1.82) is 0 Å². The first-order valence-corrected chi connectivity index (χ1v) is 8.86. The lowest BCUT2D eigenvalue weighted by Crippen LogP contribution is -2.07. The van der Waals surface area contributed by atoms with Gasteiger partial charge in [0, 0.05) is 6.42 Å². The Labute approximate surface area is 126 Å². The van der Waals surface area contributed by atoms with E-state index in [4.69, 9.17) is 4.74 Å². The van der Waals surface area contributed by atoms with Crippen LogP contribution < -0.4 is 4.74 Å². The summed E-state index contributed by atoms with van der Waals surface area (Å²) in [7, 11) is -3.35. The molecule has 6 heteroatoms. The molecular weight excluding hydrogens is 292 g/mol. The van der Waals surface area contributed by atoms with Gasteiger partial charge < -0.3 is 4.74 Å². The molecule has 0 aromatic heterocycles. The van der Waals surface area contributed by atoms with Crippen molar-refractivity contribution in [2.24, 2.45) is 0 Å². The molecule has 0 aliphatic carbocycles. The van der Waals surface area contributed by atoms with Crippen LogP contribution in [0.25, 0.3) is 0 Å². The van der Waals surface area contributed by atoms with Crippen molar-refractivity contribution in [3.05, 3.63) is 29.8 Å². The summed E-state index contributed by atoms with van der Waals surface area (Å²) >= 11 is 0. The van der Waals surface area contributed by atoms with Crippen molar-refractivity contribution < 1.29 is 22.1 Å². The van der Waals surface area contributed by atoms with Gasteiger partial charge in [-0.05, 0) is 43.4 Å². The van der Waals surface area contributed by atoms with E-state index < -0.39 is 10.1 Å². The molecule has 0 N–H and O–H groups in total. The zero-order valence-corrected chi connectivity index (χ0v) is 13.3. The normalized spacial score (nSPS) is 11.3. The van der Waals surface area contributed by atoms with E-state index in [2.05, 4.69) is 4.18 Å². The van der Waals surface area contributed by atoms with Crippen molar-refractivity contribution in [2.75, 3.05) is 12.9 Å². The van der Waals surface area contributed by atoms with Crippen LogP contribution in [0.3, 0.4) is 0 Å². The van der Waals surface area contributed by atoms with Crippen LogP contribution in [0.2, 0.25) is 0 Å². The average Bonchev–Trinajstić information content (AvgIpc) is 2.37. The average molecular weight is 314 g/mol. The van der Waals surface area contributed by atoms with Crippen molar-refractivity contribution in [1.82, 2.24) is 0 Å². The van der Waals surface area contributed by atoms with Crippen LogP contribution in [0.15, 0.2) is 24.3 Å². The monoisotopic (exact) mass is 314 g/mol. The Balaban J connectivity index is 2.37. The van der Waals surface area contributed by atoms with Crippen molar-refractivity contribution >= 4 is 16.1 Å². The maximum atomic E-state index is 11.4. The highest BCUT2D eigenvalue weighted by molar-refractivity contribution is 7.85. The number of hydrogen-bond acceptors (Lipinski definition) is 5. The molecule has 1 aromatic carbocycles. The topological polar surface area (TPSA) is 69.7 Å². The summed E-state index contributed by atoms with van der Waals surface area (Å²) in [6, 6.07) is 7.39. The minimum absolute atomic E-state index is 0.198. The van der Waals surface area contributed by atoms with E-state index in [9.17, 15) is 13.2 Å². The minimum atomic E-state index is -3.35. The van der Waals surface area contributed by atoms with Crippen molar-refractivity contribution in [2.45, 2.75) is 39.0 Å². The lowest BCUT2D eigenvalue weighted by atomic mass is 10.1. The van der Waals surface area contributed by atoms with Gasteiger partial charge in [-0.1, -0.05) is 19.1 Å². The van der Waals surface area contributed by atoms with E-state index in [1.807, 2.05) is 25.1 Å². The van der Waals surface area contributed by atoms with Gasteiger partial charge in [0.1, 0.15) is 5.75 Å². The van der Waals surface area contributed by atoms with Crippen LogP contribution in [0.1, 0.15) is 38.2 Å². The van der Waals surface area contributed by atoms with Gasteiger partial charge in [0.25, 0.3) is 10.1 Å². The molecule has 0 fully saturated rings. The molecule has 118 valence electrons. The molecule has 21 heavy (non-hydrogen) atoms.